The average Bonchev–Trinajstić information content (AvgIpc) is 2.91. The molecule has 2 aromatic carbocycles. The van der Waals surface area contributed by atoms with Gasteiger partial charge >= 0.3 is 0 Å². The summed E-state index contributed by atoms with van der Waals surface area (Å²) in [4.78, 5) is 0. The normalized spacial score (nSPS) is 12.4. The minimum atomic E-state index is -0.176. The van der Waals surface area contributed by atoms with Gasteiger partial charge in [-0.05, 0) is 97.5 Å². The number of nitrogens with zero attached hydrogens (tertiary/aromatic N) is 8. The van der Waals surface area contributed by atoms with Crippen LogP contribution in [0.1, 0.15) is 49.9 Å². The fourth-order valence-electron chi connectivity index (χ4n) is 3.19. The van der Waals surface area contributed by atoms with E-state index in [-0.39, 0.29) is 23.8 Å². The maximum atomic E-state index is 5.45. The Balaban J connectivity index is 2.91. The van der Waals surface area contributed by atoms with E-state index in [1.54, 1.807) is 27.7 Å². The first kappa shape index (κ1) is 30.4. The van der Waals surface area contributed by atoms with Crippen molar-refractivity contribution >= 4 is 46.7 Å². The highest BCUT2D eigenvalue weighted by atomic mass is 15.3. The van der Waals surface area contributed by atoms with E-state index in [1.807, 2.05) is 36.4 Å². The fourth-order valence-corrected chi connectivity index (χ4v) is 3.19. The van der Waals surface area contributed by atoms with Gasteiger partial charge in [-0.25, -0.2) is 0 Å². The first-order valence-electron chi connectivity index (χ1n) is 11.6. The second kappa shape index (κ2) is 13.7. The summed E-state index contributed by atoms with van der Waals surface area (Å²) >= 11 is 0. The molecule has 0 saturated carbocycles. The van der Waals surface area contributed by atoms with E-state index in [2.05, 4.69) is 40.8 Å². The third-order valence-electron chi connectivity index (χ3n) is 5.13. The summed E-state index contributed by atoms with van der Waals surface area (Å²) < 4.78 is 0. The molecule has 0 spiro atoms. The zero-order chi connectivity index (χ0) is 30.0. The van der Waals surface area contributed by atoms with Crippen molar-refractivity contribution in [1.82, 2.24) is 0 Å². The molecule has 16 nitrogen and oxygen atoms in total. The van der Waals surface area contributed by atoms with Gasteiger partial charge in [0, 0.05) is 0 Å². The molecule has 2 rings (SSSR count). The SMILES string of the molecule is C/C(=N/N=C(N)N)c1cc(/C(C)=N\N=C(N)N)cc(-c2cc(/C(C)=N\N=C(N)N)cc(/C(C)=N/N=C(N)N)c2)c1. The Labute approximate surface area is 231 Å². The van der Waals surface area contributed by atoms with E-state index in [0.717, 1.165) is 11.1 Å². The summed E-state index contributed by atoms with van der Waals surface area (Å²) in [5.74, 6) is -0.705. The molecule has 16 N–H and O–H groups in total. The van der Waals surface area contributed by atoms with Crippen molar-refractivity contribution in [3.63, 3.8) is 0 Å². The molecular formula is C24H34N16. The zero-order valence-electron chi connectivity index (χ0n) is 22.7. The lowest BCUT2D eigenvalue weighted by Gasteiger charge is -2.13. The summed E-state index contributed by atoms with van der Waals surface area (Å²) in [6, 6.07) is 11.3. The summed E-state index contributed by atoms with van der Waals surface area (Å²) in [5, 5.41) is 31.5. The molecule has 0 fully saturated rings. The predicted molar refractivity (Wildman–Crippen MR) is 164 cm³/mol. The number of hydrogen-bond acceptors (Lipinski definition) is 8. The molecule has 0 radical (unpaired) electrons. The van der Waals surface area contributed by atoms with E-state index in [1.165, 1.54) is 0 Å². The quantitative estimate of drug-likeness (QED) is 0.113. The van der Waals surface area contributed by atoms with Crippen LogP contribution in [0.4, 0.5) is 0 Å². The van der Waals surface area contributed by atoms with Crippen LogP contribution in [0.3, 0.4) is 0 Å². The van der Waals surface area contributed by atoms with Gasteiger partial charge in [-0.15, -0.1) is 20.4 Å². The Hall–Kier alpha value is -5.80. The molecular weight excluding hydrogens is 512 g/mol. The van der Waals surface area contributed by atoms with Gasteiger partial charge in [0.2, 0.25) is 23.8 Å². The van der Waals surface area contributed by atoms with Crippen LogP contribution < -0.4 is 45.9 Å². The number of rotatable bonds is 9. The highest BCUT2D eigenvalue weighted by Gasteiger charge is 2.13. The molecule has 0 amide bonds. The molecule has 0 aliphatic carbocycles. The molecule has 2 aromatic rings. The Bertz CT molecular complexity index is 1270. The molecule has 0 bridgehead atoms. The number of guanidine groups is 4. The molecule has 0 aromatic heterocycles. The Kier molecular flexibility index (Phi) is 10.4. The highest BCUT2D eigenvalue weighted by molar-refractivity contribution is 6.08. The average molecular weight is 547 g/mol. The van der Waals surface area contributed by atoms with Gasteiger partial charge in [-0.3, -0.25) is 0 Å². The van der Waals surface area contributed by atoms with Crippen molar-refractivity contribution < 1.29 is 0 Å². The molecule has 210 valence electrons. The van der Waals surface area contributed by atoms with Gasteiger partial charge in [0.15, 0.2) is 0 Å². The largest absolute Gasteiger partial charge is 0.369 e. The van der Waals surface area contributed by atoms with Gasteiger partial charge in [0.1, 0.15) is 0 Å². The van der Waals surface area contributed by atoms with Crippen LogP contribution in [0.25, 0.3) is 11.1 Å². The third kappa shape index (κ3) is 9.25. The lowest BCUT2D eigenvalue weighted by atomic mass is 9.92. The smallest absolute Gasteiger partial charge is 0.211 e. The highest BCUT2D eigenvalue weighted by Crippen LogP contribution is 2.27. The van der Waals surface area contributed by atoms with Crippen molar-refractivity contribution in [3.8, 4) is 11.1 Å². The Morgan fingerprint density at radius 1 is 0.350 bits per heavy atom. The second-order valence-corrected chi connectivity index (χ2v) is 8.44. The zero-order valence-corrected chi connectivity index (χ0v) is 22.7. The van der Waals surface area contributed by atoms with E-state index >= 15 is 0 Å². The molecule has 0 unspecified atom stereocenters. The number of benzene rings is 2. The van der Waals surface area contributed by atoms with Gasteiger partial charge in [-0.2, -0.15) is 20.4 Å². The lowest BCUT2D eigenvalue weighted by Crippen LogP contribution is -2.22. The van der Waals surface area contributed by atoms with Crippen molar-refractivity contribution in [2.75, 3.05) is 0 Å². The lowest BCUT2D eigenvalue weighted by molar-refractivity contribution is 1.19. The maximum Gasteiger partial charge on any atom is 0.211 e. The predicted octanol–water partition coefficient (Wildman–Crippen LogP) is -0.657. The summed E-state index contributed by atoms with van der Waals surface area (Å²) in [7, 11) is 0. The van der Waals surface area contributed by atoms with E-state index in [4.69, 9.17) is 45.9 Å². The van der Waals surface area contributed by atoms with E-state index in [9.17, 15) is 0 Å². The van der Waals surface area contributed by atoms with E-state index < -0.39 is 0 Å². The van der Waals surface area contributed by atoms with Gasteiger partial charge < -0.3 is 45.9 Å². The van der Waals surface area contributed by atoms with Crippen LogP contribution in [-0.2, 0) is 0 Å². The number of nitrogens with two attached hydrogens (primary N) is 8. The minimum absolute atomic E-state index is 0.176. The minimum Gasteiger partial charge on any atom is -0.369 e. The first-order chi connectivity index (χ1) is 18.8. The van der Waals surface area contributed by atoms with Crippen molar-refractivity contribution in [2.45, 2.75) is 27.7 Å². The van der Waals surface area contributed by atoms with Crippen molar-refractivity contribution in [3.05, 3.63) is 58.7 Å². The third-order valence-corrected chi connectivity index (χ3v) is 5.13. The van der Waals surface area contributed by atoms with Crippen LogP contribution in [-0.4, -0.2) is 46.7 Å². The van der Waals surface area contributed by atoms with Gasteiger partial charge in [0.05, 0.1) is 22.8 Å². The molecule has 0 atom stereocenters. The van der Waals surface area contributed by atoms with E-state index in [0.29, 0.717) is 45.1 Å². The topological polar surface area (TPSA) is 307 Å². The summed E-state index contributed by atoms with van der Waals surface area (Å²) in [6.07, 6.45) is 0. The monoisotopic (exact) mass is 546 g/mol. The first-order valence-corrected chi connectivity index (χ1v) is 11.6. The Morgan fingerprint density at radius 3 is 0.725 bits per heavy atom. The van der Waals surface area contributed by atoms with Crippen molar-refractivity contribution in [1.29, 1.82) is 0 Å². The molecule has 0 heterocycles. The van der Waals surface area contributed by atoms with Gasteiger partial charge in [-0.1, -0.05) is 0 Å². The second-order valence-electron chi connectivity index (χ2n) is 8.44. The standard InChI is InChI=1S/C24H34N16/c1-11(33-37-21(25)26)15-5-16(12(2)34-38-22(27)28)8-19(7-15)20-9-17(13(3)35-39-23(29)30)6-18(10-20)14(4)36-40-24(31)32/h5-10H,1-4H3,(H4,25,26,37)(H4,27,28,38)(H4,29,30,39)(H4,31,32,40)/b33-11-,34-12-,35-13-,36-14+. The molecule has 0 saturated heterocycles. The molecule has 16 heteroatoms. The van der Waals surface area contributed by atoms with Crippen LogP contribution in [0, 0.1) is 0 Å². The Morgan fingerprint density at radius 2 is 0.550 bits per heavy atom. The van der Waals surface area contributed by atoms with Crippen LogP contribution in [0.5, 0.6) is 0 Å². The van der Waals surface area contributed by atoms with Crippen LogP contribution in [0.2, 0.25) is 0 Å². The van der Waals surface area contributed by atoms with Gasteiger partial charge in [0.25, 0.3) is 0 Å². The number of hydrogen-bond donors (Lipinski definition) is 8. The maximum absolute atomic E-state index is 5.45. The summed E-state index contributed by atoms with van der Waals surface area (Å²) in [5.41, 5.74) is 50.2. The van der Waals surface area contributed by atoms with Crippen molar-refractivity contribution in [2.24, 2.45) is 86.7 Å². The molecule has 40 heavy (non-hydrogen) atoms. The fraction of sp³-hybridized carbons (Fsp3) is 0.167. The van der Waals surface area contributed by atoms with Crippen LogP contribution in [0.15, 0.2) is 77.2 Å². The molecule has 0 aliphatic heterocycles. The summed E-state index contributed by atoms with van der Waals surface area (Å²) in [6.45, 7) is 7.05. The molecule has 0 aliphatic rings. The van der Waals surface area contributed by atoms with Crippen LogP contribution >= 0.6 is 0 Å².